The lowest BCUT2D eigenvalue weighted by molar-refractivity contribution is -0.135. The lowest BCUT2D eigenvalue weighted by Crippen LogP contribution is -2.57. The monoisotopic (exact) mass is 242 g/mol. The Kier molecular flexibility index (Phi) is 5.22. The van der Waals surface area contributed by atoms with Crippen molar-refractivity contribution < 1.29 is 9.47 Å². The van der Waals surface area contributed by atoms with Crippen LogP contribution in [-0.4, -0.2) is 56.6 Å². The predicted molar refractivity (Wildman–Crippen MR) is 68.0 cm³/mol. The molecule has 3 heterocycles. The number of nitrogens with one attached hydrogen (secondary N) is 1. The van der Waals surface area contributed by atoms with Crippen molar-refractivity contribution >= 4 is 0 Å². The number of hydrogen-bond acceptors (Lipinski definition) is 4. The average Bonchev–Trinajstić information content (AvgIpc) is 2.38. The highest BCUT2D eigenvalue weighted by atomic mass is 16.7. The lowest BCUT2D eigenvalue weighted by atomic mass is 9.84. The van der Waals surface area contributed by atoms with Crippen molar-refractivity contribution in [2.75, 3.05) is 39.4 Å². The third-order valence-corrected chi connectivity index (χ3v) is 3.91. The van der Waals surface area contributed by atoms with E-state index < -0.39 is 0 Å². The average molecular weight is 242 g/mol. The second-order valence-electron chi connectivity index (χ2n) is 4.99. The molecular formula is C13H26N2O2. The van der Waals surface area contributed by atoms with Crippen molar-refractivity contribution in [3.63, 3.8) is 0 Å². The van der Waals surface area contributed by atoms with Crippen LogP contribution in [0.25, 0.3) is 0 Å². The minimum absolute atomic E-state index is 0.0829. The molecule has 4 nitrogen and oxygen atoms in total. The number of fused-ring (bicyclic) bond motifs is 3. The number of ether oxygens (including phenoxy) is 2. The molecule has 3 aliphatic heterocycles. The van der Waals surface area contributed by atoms with Crippen LogP contribution in [0.3, 0.4) is 0 Å². The number of rotatable bonds is 7. The molecule has 2 bridgehead atoms. The minimum Gasteiger partial charge on any atom is -0.352 e. The van der Waals surface area contributed by atoms with Crippen LogP contribution in [0, 0.1) is 5.92 Å². The van der Waals surface area contributed by atoms with Gasteiger partial charge < -0.3 is 19.7 Å². The number of hydrogen-bond donors (Lipinski definition) is 1. The summed E-state index contributed by atoms with van der Waals surface area (Å²) in [5, 5.41) is 3.63. The van der Waals surface area contributed by atoms with Crippen LogP contribution in [0.15, 0.2) is 0 Å². The van der Waals surface area contributed by atoms with Gasteiger partial charge in [-0.2, -0.15) is 0 Å². The van der Waals surface area contributed by atoms with Crippen LogP contribution in [0.1, 0.15) is 26.7 Å². The maximum absolute atomic E-state index is 5.56. The Bertz CT molecular complexity index is 211. The SMILES string of the molecule is CCOC(CNC1CN2CCC1CC2)OCC. The second-order valence-corrected chi connectivity index (χ2v) is 4.99. The van der Waals surface area contributed by atoms with Crippen LogP contribution in [0.4, 0.5) is 0 Å². The van der Waals surface area contributed by atoms with Gasteiger partial charge in [0.05, 0.1) is 0 Å². The summed E-state index contributed by atoms with van der Waals surface area (Å²) in [6.45, 7) is 10.1. The third-order valence-electron chi connectivity index (χ3n) is 3.91. The summed E-state index contributed by atoms with van der Waals surface area (Å²) in [6.07, 6.45) is 2.62. The van der Waals surface area contributed by atoms with Gasteiger partial charge in [0.15, 0.2) is 6.29 Å². The van der Waals surface area contributed by atoms with Gasteiger partial charge in [0.25, 0.3) is 0 Å². The fraction of sp³-hybridized carbons (Fsp3) is 1.00. The highest BCUT2D eigenvalue weighted by molar-refractivity contribution is 4.90. The summed E-state index contributed by atoms with van der Waals surface area (Å²) in [6, 6.07) is 0.640. The Balaban J connectivity index is 1.72. The molecular weight excluding hydrogens is 216 g/mol. The van der Waals surface area contributed by atoms with Crippen molar-refractivity contribution in [1.29, 1.82) is 0 Å². The molecule has 1 N–H and O–H groups in total. The fourth-order valence-electron chi connectivity index (χ4n) is 2.98. The third kappa shape index (κ3) is 3.65. The Morgan fingerprint density at radius 2 is 1.82 bits per heavy atom. The van der Waals surface area contributed by atoms with E-state index in [1.165, 1.54) is 32.5 Å². The summed E-state index contributed by atoms with van der Waals surface area (Å²) in [5.41, 5.74) is 0. The molecule has 0 amide bonds. The van der Waals surface area contributed by atoms with Gasteiger partial charge in [-0.1, -0.05) is 0 Å². The topological polar surface area (TPSA) is 33.7 Å². The van der Waals surface area contributed by atoms with Crippen LogP contribution in [0.5, 0.6) is 0 Å². The van der Waals surface area contributed by atoms with Gasteiger partial charge in [-0.15, -0.1) is 0 Å². The van der Waals surface area contributed by atoms with Crippen LogP contribution < -0.4 is 5.32 Å². The van der Waals surface area contributed by atoms with Crippen molar-refractivity contribution in [3.05, 3.63) is 0 Å². The van der Waals surface area contributed by atoms with Crippen LogP contribution in [0.2, 0.25) is 0 Å². The molecule has 17 heavy (non-hydrogen) atoms. The molecule has 3 rings (SSSR count). The Morgan fingerprint density at radius 1 is 1.18 bits per heavy atom. The molecule has 0 aromatic carbocycles. The highest BCUT2D eigenvalue weighted by Crippen LogP contribution is 2.27. The molecule has 0 aromatic heterocycles. The Labute approximate surface area is 105 Å². The Morgan fingerprint density at radius 3 is 2.29 bits per heavy atom. The van der Waals surface area contributed by atoms with E-state index in [9.17, 15) is 0 Å². The minimum atomic E-state index is -0.0829. The first-order valence-electron chi connectivity index (χ1n) is 7.02. The van der Waals surface area contributed by atoms with Gasteiger partial charge in [0.1, 0.15) is 0 Å². The van der Waals surface area contributed by atoms with E-state index >= 15 is 0 Å². The predicted octanol–water partition coefficient (Wildman–Crippen LogP) is 1.07. The zero-order valence-electron chi connectivity index (χ0n) is 11.2. The zero-order valence-corrected chi connectivity index (χ0v) is 11.2. The van der Waals surface area contributed by atoms with E-state index in [-0.39, 0.29) is 6.29 Å². The molecule has 3 saturated heterocycles. The maximum Gasteiger partial charge on any atom is 0.169 e. The molecule has 0 aliphatic carbocycles. The van der Waals surface area contributed by atoms with Gasteiger partial charge in [-0.25, -0.2) is 0 Å². The standard InChI is InChI=1S/C13H26N2O2/c1-3-16-13(17-4-2)9-14-12-10-15-7-5-11(12)6-8-15/h11-14H,3-10H2,1-2H3. The molecule has 0 saturated carbocycles. The van der Waals surface area contributed by atoms with E-state index in [1.54, 1.807) is 0 Å². The van der Waals surface area contributed by atoms with Crippen molar-refractivity contribution in [2.24, 2.45) is 5.92 Å². The lowest BCUT2D eigenvalue weighted by Gasteiger charge is -2.45. The van der Waals surface area contributed by atoms with Crippen LogP contribution in [-0.2, 0) is 9.47 Å². The van der Waals surface area contributed by atoms with E-state index in [4.69, 9.17) is 9.47 Å². The highest BCUT2D eigenvalue weighted by Gasteiger charge is 2.33. The van der Waals surface area contributed by atoms with E-state index in [2.05, 4.69) is 10.2 Å². The maximum atomic E-state index is 5.56. The summed E-state index contributed by atoms with van der Waals surface area (Å²) in [4.78, 5) is 2.56. The molecule has 0 radical (unpaired) electrons. The van der Waals surface area contributed by atoms with Crippen LogP contribution >= 0.6 is 0 Å². The summed E-state index contributed by atoms with van der Waals surface area (Å²) in [5.74, 6) is 0.865. The summed E-state index contributed by atoms with van der Waals surface area (Å²) < 4.78 is 11.1. The zero-order chi connectivity index (χ0) is 12.1. The van der Waals surface area contributed by atoms with Gasteiger partial charge in [-0.05, 0) is 45.7 Å². The van der Waals surface area contributed by atoms with Crippen molar-refractivity contribution in [3.8, 4) is 0 Å². The number of piperidine rings is 3. The molecule has 0 aromatic rings. The van der Waals surface area contributed by atoms with E-state index in [1.807, 2.05) is 13.8 Å². The normalized spacial score (nSPS) is 32.3. The smallest absolute Gasteiger partial charge is 0.169 e. The first-order valence-corrected chi connectivity index (χ1v) is 7.02. The molecule has 3 fully saturated rings. The van der Waals surface area contributed by atoms with E-state index in [0.717, 1.165) is 12.5 Å². The van der Waals surface area contributed by atoms with Crippen molar-refractivity contribution in [2.45, 2.75) is 39.0 Å². The molecule has 0 spiro atoms. The number of nitrogens with zero attached hydrogens (tertiary/aromatic N) is 1. The molecule has 1 unspecified atom stereocenters. The van der Waals surface area contributed by atoms with Gasteiger partial charge in [-0.3, -0.25) is 0 Å². The summed E-state index contributed by atoms with van der Waals surface area (Å²) in [7, 11) is 0. The first kappa shape index (κ1) is 13.3. The summed E-state index contributed by atoms with van der Waals surface area (Å²) >= 11 is 0. The molecule has 100 valence electrons. The van der Waals surface area contributed by atoms with Gasteiger partial charge >= 0.3 is 0 Å². The first-order chi connectivity index (χ1) is 8.33. The molecule has 4 heteroatoms. The van der Waals surface area contributed by atoms with E-state index in [0.29, 0.717) is 19.3 Å². The fourth-order valence-corrected chi connectivity index (χ4v) is 2.98. The van der Waals surface area contributed by atoms with Crippen molar-refractivity contribution in [1.82, 2.24) is 10.2 Å². The molecule has 1 atom stereocenters. The second kappa shape index (κ2) is 6.69. The molecule has 3 aliphatic rings. The quantitative estimate of drug-likeness (QED) is 0.677. The van der Waals surface area contributed by atoms with Gasteiger partial charge in [0, 0.05) is 32.3 Å². The van der Waals surface area contributed by atoms with Gasteiger partial charge in [0.2, 0.25) is 0 Å². The largest absolute Gasteiger partial charge is 0.352 e. The Hall–Kier alpha value is -0.160.